The van der Waals surface area contributed by atoms with Crippen LogP contribution in [0.25, 0.3) is 0 Å². The summed E-state index contributed by atoms with van der Waals surface area (Å²) in [5.74, 6) is 2.07. The lowest BCUT2D eigenvalue weighted by Crippen LogP contribution is -2.21. The van der Waals surface area contributed by atoms with E-state index in [1.165, 1.54) is 0 Å². The van der Waals surface area contributed by atoms with Gasteiger partial charge in [0.05, 0.1) is 14.2 Å². The van der Waals surface area contributed by atoms with Crippen LogP contribution in [0.4, 0.5) is 0 Å². The van der Waals surface area contributed by atoms with Gasteiger partial charge in [-0.1, -0.05) is 77.0 Å². The van der Waals surface area contributed by atoms with Gasteiger partial charge in [0.1, 0.15) is 12.4 Å². The molecule has 31 heavy (non-hydrogen) atoms. The van der Waals surface area contributed by atoms with E-state index in [-0.39, 0.29) is 5.16 Å². The average molecular weight is 436 g/mol. The number of rotatable bonds is 10. The zero-order valence-electron chi connectivity index (χ0n) is 18.5. The number of hydrogen-bond donors (Lipinski definition) is 0. The van der Waals surface area contributed by atoms with Gasteiger partial charge in [-0.05, 0) is 23.4 Å². The molecule has 0 bridgehead atoms. The Balaban J connectivity index is 2.07. The lowest BCUT2D eigenvalue weighted by molar-refractivity contribution is 0.112. The van der Waals surface area contributed by atoms with E-state index in [4.69, 9.17) is 14.2 Å². The van der Waals surface area contributed by atoms with Gasteiger partial charge in [-0.2, -0.15) is 0 Å². The molecule has 0 aliphatic heterocycles. The molecular weight excluding hydrogens is 407 g/mol. The van der Waals surface area contributed by atoms with Gasteiger partial charge in [-0.15, -0.1) is 0 Å². The lowest BCUT2D eigenvalue weighted by Gasteiger charge is -2.32. The molecule has 3 aromatic rings. The predicted molar refractivity (Wildman–Crippen MR) is 128 cm³/mol. The van der Waals surface area contributed by atoms with E-state index in [0.717, 1.165) is 34.7 Å². The van der Waals surface area contributed by atoms with Gasteiger partial charge in [0, 0.05) is 22.3 Å². The molecule has 0 amide bonds. The number of ether oxygens (including phenoxy) is 3. The highest BCUT2D eigenvalue weighted by atomic mass is 31.1. The minimum atomic E-state index is -0.271. The highest BCUT2D eigenvalue weighted by Crippen LogP contribution is 2.51. The van der Waals surface area contributed by atoms with Crippen molar-refractivity contribution in [2.75, 3.05) is 14.2 Å². The Labute approximate surface area is 186 Å². The quantitative estimate of drug-likeness (QED) is 0.301. The number of methoxy groups -OCH3 is 2. The topological polar surface area (TPSA) is 44.8 Å². The fourth-order valence-electron chi connectivity index (χ4n) is 3.49. The summed E-state index contributed by atoms with van der Waals surface area (Å²) < 4.78 is 17.6. The smallest absolute Gasteiger partial charge is 0.166 e. The normalized spacial score (nSPS) is 13.0. The Bertz CT molecular complexity index is 1020. The third kappa shape index (κ3) is 5.26. The van der Waals surface area contributed by atoms with Crippen molar-refractivity contribution in [1.82, 2.24) is 0 Å². The maximum Gasteiger partial charge on any atom is 0.166 e. The van der Waals surface area contributed by atoms with Crippen molar-refractivity contribution < 1.29 is 19.0 Å². The highest BCUT2D eigenvalue weighted by Gasteiger charge is 2.32. The second-order valence-corrected chi connectivity index (χ2v) is 9.39. The fourth-order valence-corrected chi connectivity index (χ4v) is 5.05. The van der Waals surface area contributed by atoms with Crippen molar-refractivity contribution in [3.63, 3.8) is 0 Å². The van der Waals surface area contributed by atoms with E-state index in [0.29, 0.717) is 32.4 Å². The zero-order chi connectivity index (χ0) is 22.3. The first-order valence-corrected chi connectivity index (χ1v) is 11.3. The lowest BCUT2D eigenvalue weighted by atomic mass is 9.95. The molecule has 3 rings (SSSR count). The van der Waals surface area contributed by atoms with E-state index in [1.807, 2.05) is 66.7 Å². The van der Waals surface area contributed by atoms with Crippen LogP contribution in [0.5, 0.6) is 17.2 Å². The molecule has 2 unspecified atom stereocenters. The van der Waals surface area contributed by atoms with Crippen LogP contribution in [-0.2, 0) is 11.8 Å². The number of hydrogen-bond acceptors (Lipinski definition) is 4. The summed E-state index contributed by atoms with van der Waals surface area (Å²) in [7, 11) is 3.66. The first-order valence-electron chi connectivity index (χ1n) is 10.3. The van der Waals surface area contributed by atoms with Crippen LogP contribution in [0, 0.1) is 0 Å². The molecule has 162 valence electrons. The molecule has 0 N–H and O–H groups in total. The molecule has 0 aromatic heterocycles. The second kappa shape index (κ2) is 10.5. The molecule has 5 heteroatoms. The van der Waals surface area contributed by atoms with E-state index in [1.54, 1.807) is 14.2 Å². The Kier molecular flexibility index (Phi) is 7.70. The van der Waals surface area contributed by atoms with E-state index in [2.05, 4.69) is 13.8 Å². The molecule has 0 heterocycles. The molecule has 4 nitrogen and oxygen atoms in total. The van der Waals surface area contributed by atoms with Crippen LogP contribution >= 0.6 is 8.58 Å². The van der Waals surface area contributed by atoms with E-state index in [9.17, 15) is 4.79 Å². The minimum Gasteiger partial charge on any atom is -0.497 e. The standard InChI is InChI=1S/C26H29O4P/c1-5-26(2,31-24-14-10-9-13-20(24)17-27)22-15-21(28-3)16-23(29-4)25(22)30-18-19-11-7-6-8-12-19/h6-17,31H,5,18H2,1-4H3. The fraction of sp³-hybridized carbons (Fsp3) is 0.269. The third-order valence-corrected chi connectivity index (χ3v) is 7.41. The SMILES string of the molecule is CCC(C)(Pc1ccccc1C=O)c1cc(OC)cc(OC)c1OCc1ccccc1. The number of benzene rings is 3. The molecule has 0 saturated heterocycles. The van der Waals surface area contributed by atoms with Gasteiger partial charge in [-0.3, -0.25) is 4.79 Å². The summed E-state index contributed by atoms with van der Waals surface area (Å²) in [5.41, 5.74) is 2.82. The first kappa shape index (κ1) is 22.8. The number of carbonyl (C=O) groups excluding carboxylic acids is 1. The maximum atomic E-state index is 11.6. The van der Waals surface area contributed by atoms with Crippen LogP contribution in [0.15, 0.2) is 66.7 Å². The summed E-state index contributed by atoms with van der Waals surface area (Å²) in [6.07, 6.45) is 1.79. The van der Waals surface area contributed by atoms with Crippen LogP contribution in [0.3, 0.4) is 0 Å². The summed E-state index contributed by atoms with van der Waals surface area (Å²) >= 11 is 0. The second-order valence-electron chi connectivity index (χ2n) is 7.50. The monoisotopic (exact) mass is 436 g/mol. The molecule has 0 spiro atoms. The van der Waals surface area contributed by atoms with Gasteiger partial charge >= 0.3 is 0 Å². The van der Waals surface area contributed by atoms with Crippen LogP contribution in [0.2, 0.25) is 0 Å². The molecule has 0 radical (unpaired) electrons. The Hall–Kier alpha value is -2.84. The zero-order valence-corrected chi connectivity index (χ0v) is 19.5. The van der Waals surface area contributed by atoms with Crippen molar-refractivity contribution in [2.45, 2.75) is 32.0 Å². The summed E-state index contributed by atoms with van der Waals surface area (Å²) in [6, 6.07) is 21.7. The van der Waals surface area contributed by atoms with Crippen molar-refractivity contribution in [1.29, 1.82) is 0 Å². The Morgan fingerprint density at radius 3 is 2.32 bits per heavy atom. The Morgan fingerprint density at radius 1 is 0.968 bits per heavy atom. The molecule has 2 atom stereocenters. The number of carbonyl (C=O) groups is 1. The molecule has 0 aliphatic carbocycles. The molecule has 0 saturated carbocycles. The van der Waals surface area contributed by atoms with Crippen molar-refractivity contribution in [3.8, 4) is 17.2 Å². The van der Waals surface area contributed by atoms with Crippen molar-refractivity contribution >= 4 is 20.2 Å². The number of aldehydes is 1. The average Bonchev–Trinajstić information content (AvgIpc) is 2.83. The Morgan fingerprint density at radius 2 is 1.68 bits per heavy atom. The largest absolute Gasteiger partial charge is 0.497 e. The summed E-state index contributed by atoms with van der Waals surface area (Å²) in [6.45, 7) is 4.80. The first-order chi connectivity index (χ1) is 15.0. The maximum absolute atomic E-state index is 11.6. The van der Waals surface area contributed by atoms with Crippen LogP contribution < -0.4 is 19.5 Å². The molecule has 0 aliphatic rings. The highest BCUT2D eigenvalue weighted by molar-refractivity contribution is 7.48. The summed E-state index contributed by atoms with van der Waals surface area (Å²) in [5, 5.41) is 0.769. The van der Waals surface area contributed by atoms with Gasteiger partial charge in [0.2, 0.25) is 0 Å². The molecule has 0 fully saturated rings. The summed E-state index contributed by atoms with van der Waals surface area (Å²) in [4.78, 5) is 11.6. The minimum absolute atomic E-state index is 0.271. The van der Waals surface area contributed by atoms with Gasteiger partial charge < -0.3 is 14.2 Å². The molecule has 3 aromatic carbocycles. The van der Waals surface area contributed by atoms with Gasteiger partial charge in [-0.25, -0.2) is 0 Å². The van der Waals surface area contributed by atoms with Crippen molar-refractivity contribution in [3.05, 3.63) is 83.4 Å². The van der Waals surface area contributed by atoms with Crippen LogP contribution in [-0.4, -0.2) is 20.5 Å². The van der Waals surface area contributed by atoms with Crippen molar-refractivity contribution in [2.24, 2.45) is 0 Å². The van der Waals surface area contributed by atoms with Crippen LogP contribution in [0.1, 0.15) is 41.8 Å². The van der Waals surface area contributed by atoms with E-state index < -0.39 is 0 Å². The van der Waals surface area contributed by atoms with E-state index >= 15 is 0 Å². The predicted octanol–water partition coefficient (Wildman–Crippen LogP) is 5.72. The van der Waals surface area contributed by atoms with Gasteiger partial charge in [0.15, 0.2) is 17.8 Å². The van der Waals surface area contributed by atoms with Gasteiger partial charge in [0.25, 0.3) is 0 Å². The molecular formula is C26H29O4P. The third-order valence-electron chi connectivity index (χ3n) is 5.51.